The fourth-order valence-corrected chi connectivity index (χ4v) is 4.21. The number of carboxylic acids is 1. The average Bonchev–Trinajstić information content (AvgIpc) is 3.45. The molecule has 0 amide bonds. The molecule has 0 bridgehead atoms. The number of hydrogen-bond acceptors (Lipinski definition) is 6. The van der Waals surface area contributed by atoms with E-state index in [1.54, 1.807) is 11.3 Å². The van der Waals surface area contributed by atoms with Crippen LogP contribution in [0.4, 0.5) is 0 Å². The van der Waals surface area contributed by atoms with Gasteiger partial charge in [0.1, 0.15) is 11.5 Å². The third kappa shape index (κ3) is 6.54. The first-order chi connectivity index (χ1) is 16.1. The van der Waals surface area contributed by atoms with E-state index in [1.165, 1.54) is 0 Å². The third-order valence-electron chi connectivity index (χ3n) is 5.21. The largest absolute Gasteiger partial charge is 0.493 e. The molecule has 33 heavy (non-hydrogen) atoms. The lowest BCUT2D eigenvalue weighted by molar-refractivity contribution is -0.138. The Morgan fingerprint density at radius 2 is 1.79 bits per heavy atom. The summed E-state index contributed by atoms with van der Waals surface area (Å²) in [4.78, 5) is 17.8. The number of benzene rings is 2. The minimum absolute atomic E-state index is 0.0163. The molecule has 2 aromatic carbocycles. The number of thiophene rings is 1. The van der Waals surface area contributed by atoms with Gasteiger partial charge >= 0.3 is 5.97 Å². The Kier molecular flexibility index (Phi) is 7.55. The first kappa shape index (κ1) is 22.8. The molecule has 0 unspecified atom stereocenters. The summed E-state index contributed by atoms with van der Waals surface area (Å²) in [5.41, 5.74) is 4.02. The number of aliphatic carboxylic acids is 1. The summed E-state index contributed by atoms with van der Waals surface area (Å²) in [6.45, 7) is 3.53. The molecule has 2 heterocycles. The van der Waals surface area contributed by atoms with Crippen molar-refractivity contribution in [3.63, 3.8) is 0 Å². The lowest BCUT2D eigenvalue weighted by Gasteiger charge is -2.20. The molecule has 0 fully saturated rings. The minimum atomic E-state index is -0.837. The van der Waals surface area contributed by atoms with Crippen molar-refractivity contribution >= 4 is 17.3 Å². The van der Waals surface area contributed by atoms with E-state index in [4.69, 9.17) is 9.15 Å². The highest BCUT2D eigenvalue weighted by molar-refractivity contribution is 7.08. The number of ether oxygens (including phenoxy) is 1. The summed E-state index contributed by atoms with van der Waals surface area (Å²) in [5.74, 6) is 1.39. The normalized spacial score (nSPS) is 11.1. The molecule has 1 N–H and O–H groups in total. The van der Waals surface area contributed by atoms with Crippen molar-refractivity contribution in [2.45, 2.75) is 26.4 Å². The molecule has 0 atom stereocenters. The highest BCUT2D eigenvalue weighted by atomic mass is 32.1. The summed E-state index contributed by atoms with van der Waals surface area (Å²) in [6.07, 6.45) is 0.657. The molecule has 0 aliphatic heterocycles. The van der Waals surface area contributed by atoms with Crippen molar-refractivity contribution in [1.29, 1.82) is 0 Å². The molecule has 0 saturated heterocycles. The van der Waals surface area contributed by atoms with E-state index >= 15 is 0 Å². The Hall–Kier alpha value is -3.42. The van der Waals surface area contributed by atoms with Crippen LogP contribution in [0, 0.1) is 6.92 Å². The monoisotopic (exact) mass is 462 g/mol. The first-order valence-electron chi connectivity index (χ1n) is 10.8. The maximum atomic E-state index is 11.3. The van der Waals surface area contributed by atoms with Crippen LogP contribution in [0.5, 0.6) is 5.75 Å². The molecule has 4 aromatic rings. The van der Waals surface area contributed by atoms with Crippen LogP contribution < -0.4 is 4.74 Å². The van der Waals surface area contributed by atoms with Crippen LogP contribution in [0.1, 0.15) is 22.6 Å². The fraction of sp³-hybridized carbons (Fsp3) is 0.231. The van der Waals surface area contributed by atoms with Crippen molar-refractivity contribution in [3.05, 3.63) is 94.0 Å². The first-order valence-corrected chi connectivity index (χ1v) is 11.7. The standard InChI is InChI=1S/C26H26N2O4S/c1-19-24(27-26(32-19)22-12-14-33-18-22)11-13-31-23-9-7-21(8-10-23)16-28(17-25(29)30)15-20-5-3-2-4-6-20/h2-10,12,14,18H,11,13,15-17H2,1H3,(H,29,30). The molecule has 0 radical (unpaired) electrons. The van der Waals surface area contributed by atoms with Gasteiger partial charge in [0, 0.05) is 30.5 Å². The molecule has 4 rings (SSSR count). The van der Waals surface area contributed by atoms with Gasteiger partial charge < -0.3 is 14.3 Å². The summed E-state index contributed by atoms with van der Waals surface area (Å²) < 4.78 is 11.7. The predicted molar refractivity (Wildman–Crippen MR) is 128 cm³/mol. The van der Waals surface area contributed by atoms with Gasteiger partial charge in [0.25, 0.3) is 0 Å². The number of aryl methyl sites for hydroxylation is 1. The van der Waals surface area contributed by atoms with Crippen molar-refractivity contribution in [2.24, 2.45) is 0 Å². The second kappa shape index (κ2) is 10.9. The quantitative estimate of drug-likeness (QED) is 0.321. The van der Waals surface area contributed by atoms with Crippen molar-refractivity contribution in [1.82, 2.24) is 9.88 Å². The molecular formula is C26H26N2O4S. The maximum absolute atomic E-state index is 11.3. The number of carboxylic acid groups (broad SMARTS) is 1. The van der Waals surface area contributed by atoms with Crippen molar-refractivity contribution in [3.8, 4) is 17.2 Å². The molecule has 0 saturated carbocycles. The number of aromatic nitrogens is 1. The highest BCUT2D eigenvalue weighted by Gasteiger charge is 2.13. The summed E-state index contributed by atoms with van der Waals surface area (Å²) in [5, 5.41) is 13.3. The van der Waals surface area contributed by atoms with Gasteiger partial charge in [0.15, 0.2) is 0 Å². The number of hydrogen-bond donors (Lipinski definition) is 1. The van der Waals surface area contributed by atoms with Crippen LogP contribution in [0.3, 0.4) is 0 Å². The second-order valence-corrected chi connectivity index (χ2v) is 8.58. The van der Waals surface area contributed by atoms with E-state index in [2.05, 4.69) is 4.98 Å². The van der Waals surface area contributed by atoms with Crippen LogP contribution in [-0.2, 0) is 24.3 Å². The Morgan fingerprint density at radius 1 is 1.06 bits per heavy atom. The van der Waals surface area contributed by atoms with Gasteiger partial charge in [-0.25, -0.2) is 4.98 Å². The molecule has 7 heteroatoms. The topological polar surface area (TPSA) is 75.8 Å². The summed E-state index contributed by atoms with van der Waals surface area (Å²) in [6, 6.07) is 19.7. The zero-order valence-corrected chi connectivity index (χ0v) is 19.3. The molecule has 2 aromatic heterocycles. The number of carbonyl (C=O) groups is 1. The number of nitrogens with zero attached hydrogens (tertiary/aromatic N) is 2. The third-order valence-corrected chi connectivity index (χ3v) is 5.89. The smallest absolute Gasteiger partial charge is 0.317 e. The van der Waals surface area contributed by atoms with E-state index in [0.717, 1.165) is 33.9 Å². The van der Waals surface area contributed by atoms with E-state index in [1.807, 2.05) is 83.2 Å². The molecule has 0 aliphatic rings. The minimum Gasteiger partial charge on any atom is -0.493 e. The second-order valence-electron chi connectivity index (χ2n) is 7.80. The molecular weight excluding hydrogens is 436 g/mol. The van der Waals surface area contributed by atoms with Crippen LogP contribution in [0.2, 0.25) is 0 Å². The highest BCUT2D eigenvalue weighted by Crippen LogP contribution is 2.24. The molecule has 0 aliphatic carbocycles. The van der Waals surface area contributed by atoms with Crippen molar-refractivity contribution in [2.75, 3.05) is 13.2 Å². The van der Waals surface area contributed by atoms with E-state index < -0.39 is 5.97 Å². The van der Waals surface area contributed by atoms with Crippen molar-refractivity contribution < 1.29 is 19.1 Å². The zero-order valence-electron chi connectivity index (χ0n) is 18.4. The van der Waals surface area contributed by atoms with Gasteiger partial charge in [-0.3, -0.25) is 9.69 Å². The van der Waals surface area contributed by atoms with Gasteiger partial charge in [-0.2, -0.15) is 11.3 Å². The Balaban J connectivity index is 1.31. The van der Waals surface area contributed by atoms with E-state index in [-0.39, 0.29) is 6.54 Å². The molecule has 6 nitrogen and oxygen atoms in total. The summed E-state index contributed by atoms with van der Waals surface area (Å²) in [7, 11) is 0. The van der Waals surface area contributed by atoms with E-state index in [0.29, 0.717) is 32.0 Å². The Labute approximate surface area is 197 Å². The van der Waals surface area contributed by atoms with Crippen LogP contribution in [0.25, 0.3) is 11.5 Å². The Bertz CT molecular complexity index is 1150. The zero-order chi connectivity index (χ0) is 23.0. The van der Waals surface area contributed by atoms with Gasteiger partial charge in [0.2, 0.25) is 5.89 Å². The van der Waals surface area contributed by atoms with Crippen LogP contribution in [-0.4, -0.2) is 34.1 Å². The SMILES string of the molecule is Cc1oc(-c2ccsc2)nc1CCOc1ccc(CN(CC(=O)O)Cc2ccccc2)cc1. The lowest BCUT2D eigenvalue weighted by Crippen LogP contribution is -2.28. The lowest BCUT2D eigenvalue weighted by atomic mass is 10.1. The Morgan fingerprint density at radius 3 is 2.45 bits per heavy atom. The van der Waals surface area contributed by atoms with Crippen LogP contribution >= 0.6 is 11.3 Å². The van der Waals surface area contributed by atoms with E-state index in [9.17, 15) is 9.90 Å². The number of oxazole rings is 1. The average molecular weight is 463 g/mol. The van der Waals surface area contributed by atoms with Gasteiger partial charge in [-0.1, -0.05) is 42.5 Å². The molecule has 0 spiro atoms. The molecule has 170 valence electrons. The maximum Gasteiger partial charge on any atom is 0.317 e. The van der Waals surface area contributed by atoms with Gasteiger partial charge in [-0.05, 0) is 41.6 Å². The van der Waals surface area contributed by atoms with Gasteiger partial charge in [-0.15, -0.1) is 0 Å². The van der Waals surface area contributed by atoms with Gasteiger partial charge in [0.05, 0.1) is 18.8 Å². The predicted octanol–water partition coefficient (Wildman–Crippen LogP) is 5.42. The summed E-state index contributed by atoms with van der Waals surface area (Å²) >= 11 is 1.62. The van der Waals surface area contributed by atoms with Crippen LogP contribution in [0.15, 0.2) is 75.8 Å². The fourth-order valence-electron chi connectivity index (χ4n) is 3.59. The number of rotatable bonds is 11.